The smallest absolute Gasteiger partial charge is 0.338 e. The Hall–Kier alpha value is -3.02. The van der Waals surface area contributed by atoms with Gasteiger partial charge in [0.1, 0.15) is 5.75 Å². The molecule has 0 radical (unpaired) electrons. The van der Waals surface area contributed by atoms with Gasteiger partial charge < -0.3 is 19.3 Å². The average Bonchev–Trinajstić information content (AvgIpc) is 2.74. The molecular weight excluding hydrogens is 356 g/mol. The van der Waals surface area contributed by atoms with Crippen LogP contribution in [0.25, 0.3) is 0 Å². The van der Waals surface area contributed by atoms with Crippen molar-refractivity contribution in [3.63, 3.8) is 0 Å². The zero-order chi connectivity index (χ0) is 20.1. The molecule has 0 bridgehead atoms. The highest BCUT2D eigenvalue weighted by Crippen LogP contribution is 2.24. The van der Waals surface area contributed by atoms with Crippen LogP contribution in [0.1, 0.15) is 21.5 Å². The van der Waals surface area contributed by atoms with Crippen molar-refractivity contribution < 1.29 is 19.1 Å². The summed E-state index contributed by atoms with van der Waals surface area (Å²) in [6.07, 6.45) is 0. The first-order valence-electron chi connectivity index (χ1n) is 9.39. The molecule has 0 atom stereocenters. The molecule has 2 aromatic carbocycles. The topological polar surface area (TPSA) is 59.1 Å². The van der Waals surface area contributed by atoms with Gasteiger partial charge >= 0.3 is 5.97 Å². The predicted molar refractivity (Wildman–Crippen MR) is 108 cm³/mol. The van der Waals surface area contributed by atoms with Gasteiger partial charge in [-0.1, -0.05) is 18.2 Å². The molecule has 1 saturated heterocycles. The largest absolute Gasteiger partial charge is 0.497 e. The van der Waals surface area contributed by atoms with Crippen LogP contribution in [0.2, 0.25) is 0 Å². The second kappa shape index (κ2) is 8.78. The van der Waals surface area contributed by atoms with E-state index in [1.165, 1.54) is 23.9 Å². The minimum Gasteiger partial charge on any atom is -0.497 e. The molecule has 1 aliphatic heterocycles. The van der Waals surface area contributed by atoms with Crippen LogP contribution in [0.5, 0.6) is 5.75 Å². The number of amides is 1. The third kappa shape index (κ3) is 4.44. The van der Waals surface area contributed by atoms with Crippen molar-refractivity contribution in [2.24, 2.45) is 0 Å². The van der Waals surface area contributed by atoms with E-state index in [9.17, 15) is 9.59 Å². The van der Waals surface area contributed by atoms with Gasteiger partial charge in [-0.3, -0.25) is 4.79 Å². The van der Waals surface area contributed by atoms with Crippen LogP contribution in [-0.2, 0) is 9.53 Å². The molecule has 0 aliphatic carbocycles. The van der Waals surface area contributed by atoms with Crippen molar-refractivity contribution in [3.05, 3.63) is 59.2 Å². The first kappa shape index (κ1) is 19.7. The molecule has 0 unspecified atom stereocenters. The summed E-state index contributed by atoms with van der Waals surface area (Å²) in [5.74, 6) is -0.124. The van der Waals surface area contributed by atoms with E-state index in [1.807, 2.05) is 0 Å². The Balaban J connectivity index is 1.51. The molecule has 1 heterocycles. The normalized spacial score (nSPS) is 14.0. The van der Waals surface area contributed by atoms with Crippen LogP contribution in [0.4, 0.5) is 5.69 Å². The van der Waals surface area contributed by atoms with Gasteiger partial charge in [-0.2, -0.15) is 0 Å². The second-order valence-electron chi connectivity index (χ2n) is 6.89. The first-order valence-corrected chi connectivity index (χ1v) is 9.39. The van der Waals surface area contributed by atoms with E-state index >= 15 is 0 Å². The summed E-state index contributed by atoms with van der Waals surface area (Å²) in [6, 6.07) is 13.0. The number of benzene rings is 2. The SMILES string of the molecule is COc1cccc(C(=O)OCC(=O)N2CCN(c3cccc(C)c3C)CC2)c1. The molecule has 0 saturated carbocycles. The number of methoxy groups -OCH3 is 1. The maximum atomic E-state index is 12.4. The number of esters is 1. The van der Waals surface area contributed by atoms with E-state index < -0.39 is 5.97 Å². The van der Waals surface area contributed by atoms with Crippen molar-refractivity contribution in [1.82, 2.24) is 4.90 Å². The predicted octanol–water partition coefficient (Wildman–Crippen LogP) is 2.82. The van der Waals surface area contributed by atoms with Crippen LogP contribution in [-0.4, -0.2) is 56.7 Å². The number of hydrogen-bond donors (Lipinski definition) is 0. The highest BCUT2D eigenvalue weighted by molar-refractivity contribution is 5.91. The van der Waals surface area contributed by atoms with E-state index in [-0.39, 0.29) is 12.5 Å². The highest BCUT2D eigenvalue weighted by Gasteiger charge is 2.23. The number of rotatable bonds is 5. The lowest BCUT2D eigenvalue weighted by atomic mass is 10.1. The molecule has 1 amide bonds. The quantitative estimate of drug-likeness (QED) is 0.745. The van der Waals surface area contributed by atoms with Crippen molar-refractivity contribution in [2.75, 3.05) is 44.8 Å². The van der Waals surface area contributed by atoms with E-state index in [4.69, 9.17) is 9.47 Å². The van der Waals surface area contributed by atoms with Crippen molar-refractivity contribution in [3.8, 4) is 5.75 Å². The molecule has 0 spiro atoms. The maximum Gasteiger partial charge on any atom is 0.338 e. The Bertz CT molecular complexity index is 857. The maximum absolute atomic E-state index is 12.4. The molecule has 148 valence electrons. The molecule has 1 aliphatic rings. The number of aryl methyl sites for hydroxylation is 1. The lowest BCUT2D eigenvalue weighted by Crippen LogP contribution is -2.50. The number of ether oxygens (including phenoxy) is 2. The summed E-state index contributed by atoms with van der Waals surface area (Å²) in [5, 5.41) is 0. The number of anilines is 1. The summed E-state index contributed by atoms with van der Waals surface area (Å²) in [5.41, 5.74) is 4.12. The van der Waals surface area contributed by atoms with Gasteiger partial charge in [0.05, 0.1) is 12.7 Å². The summed E-state index contributed by atoms with van der Waals surface area (Å²) in [7, 11) is 1.53. The Morgan fingerprint density at radius 1 is 1.00 bits per heavy atom. The molecule has 28 heavy (non-hydrogen) atoms. The summed E-state index contributed by atoms with van der Waals surface area (Å²) in [6.45, 7) is 6.74. The van der Waals surface area contributed by atoms with Crippen LogP contribution in [0.15, 0.2) is 42.5 Å². The summed E-state index contributed by atoms with van der Waals surface area (Å²) in [4.78, 5) is 28.6. The standard InChI is InChI=1S/C22H26N2O4/c1-16-6-4-9-20(17(16)2)23-10-12-24(13-11-23)21(25)15-28-22(26)18-7-5-8-19(14-18)27-3/h4-9,14H,10-13,15H2,1-3H3. The van der Waals surface area contributed by atoms with Gasteiger partial charge in [0.2, 0.25) is 0 Å². The number of piperazine rings is 1. The monoisotopic (exact) mass is 382 g/mol. The van der Waals surface area contributed by atoms with Crippen molar-refractivity contribution in [2.45, 2.75) is 13.8 Å². The molecule has 3 rings (SSSR count). The third-order valence-corrected chi connectivity index (χ3v) is 5.18. The van der Waals surface area contributed by atoms with Gasteiger partial charge in [0, 0.05) is 31.9 Å². The highest BCUT2D eigenvalue weighted by atomic mass is 16.5. The third-order valence-electron chi connectivity index (χ3n) is 5.18. The van der Waals surface area contributed by atoms with E-state index in [2.05, 4.69) is 36.9 Å². The summed E-state index contributed by atoms with van der Waals surface area (Å²) >= 11 is 0. The molecular formula is C22H26N2O4. The Morgan fingerprint density at radius 2 is 1.71 bits per heavy atom. The fraction of sp³-hybridized carbons (Fsp3) is 0.364. The Morgan fingerprint density at radius 3 is 2.43 bits per heavy atom. The molecule has 2 aromatic rings. The molecule has 6 heteroatoms. The van der Waals surface area contributed by atoms with Gasteiger partial charge in [-0.25, -0.2) is 4.79 Å². The van der Waals surface area contributed by atoms with Gasteiger partial charge in [-0.05, 0) is 49.2 Å². The van der Waals surface area contributed by atoms with Gasteiger partial charge in [0.25, 0.3) is 5.91 Å². The van der Waals surface area contributed by atoms with Gasteiger partial charge in [0.15, 0.2) is 6.61 Å². The zero-order valence-electron chi connectivity index (χ0n) is 16.6. The molecule has 6 nitrogen and oxygen atoms in total. The van der Waals surface area contributed by atoms with Gasteiger partial charge in [-0.15, -0.1) is 0 Å². The number of hydrogen-bond acceptors (Lipinski definition) is 5. The molecule has 1 fully saturated rings. The van der Waals surface area contributed by atoms with Crippen molar-refractivity contribution >= 4 is 17.6 Å². The Kier molecular flexibility index (Phi) is 6.19. The average molecular weight is 382 g/mol. The fourth-order valence-electron chi connectivity index (χ4n) is 3.33. The fourth-order valence-corrected chi connectivity index (χ4v) is 3.33. The van der Waals surface area contributed by atoms with Crippen LogP contribution < -0.4 is 9.64 Å². The minimum atomic E-state index is -0.527. The lowest BCUT2D eigenvalue weighted by Gasteiger charge is -2.37. The van der Waals surface area contributed by atoms with E-state index in [1.54, 1.807) is 29.2 Å². The van der Waals surface area contributed by atoms with E-state index in [0.29, 0.717) is 24.4 Å². The molecule has 0 aromatic heterocycles. The second-order valence-corrected chi connectivity index (χ2v) is 6.89. The summed E-state index contributed by atoms with van der Waals surface area (Å²) < 4.78 is 10.3. The first-order chi connectivity index (χ1) is 13.5. The lowest BCUT2D eigenvalue weighted by molar-refractivity contribution is -0.134. The molecule has 0 N–H and O–H groups in total. The van der Waals surface area contributed by atoms with Crippen LogP contribution in [0.3, 0.4) is 0 Å². The van der Waals surface area contributed by atoms with Crippen LogP contribution >= 0.6 is 0 Å². The van der Waals surface area contributed by atoms with Crippen LogP contribution in [0, 0.1) is 13.8 Å². The number of carbonyl (C=O) groups is 2. The van der Waals surface area contributed by atoms with Crippen molar-refractivity contribution in [1.29, 1.82) is 0 Å². The number of nitrogens with zero attached hydrogens (tertiary/aromatic N) is 2. The Labute approximate surface area is 165 Å². The minimum absolute atomic E-state index is 0.170. The zero-order valence-corrected chi connectivity index (χ0v) is 16.6. The van der Waals surface area contributed by atoms with E-state index in [0.717, 1.165) is 13.1 Å². The number of carbonyl (C=O) groups excluding carboxylic acids is 2.